The van der Waals surface area contributed by atoms with E-state index in [1.54, 1.807) is 13.4 Å². The van der Waals surface area contributed by atoms with Crippen LogP contribution in [0.4, 0.5) is 0 Å². The van der Waals surface area contributed by atoms with Gasteiger partial charge < -0.3 is 9.84 Å². The topological polar surface area (TPSA) is 63.4 Å². The number of methoxy groups -OCH3 is 1. The van der Waals surface area contributed by atoms with E-state index in [9.17, 15) is 0 Å². The summed E-state index contributed by atoms with van der Waals surface area (Å²) in [7, 11) is 1.67. The van der Waals surface area contributed by atoms with Gasteiger partial charge in [-0.15, -0.1) is 0 Å². The number of hydrogen-bond donors (Lipinski definition) is 1. The van der Waals surface area contributed by atoms with Crippen molar-refractivity contribution in [2.24, 2.45) is 0 Å². The van der Waals surface area contributed by atoms with Crippen LogP contribution in [0.5, 0.6) is 0 Å². The van der Waals surface area contributed by atoms with Crippen molar-refractivity contribution in [3.8, 4) is 0 Å². The zero-order chi connectivity index (χ0) is 12.7. The summed E-state index contributed by atoms with van der Waals surface area (Å²) >= 11 is 0. The van der Waals surface area contributed by atoms with Gasteiger partial charge in [0.05, 0.1) is 19.8 Å². The molecule has 0 aromatic carbocycles. The van der Waals surface area contributed by atoms with E-state index in [-0.39, 0.29) is 6.61 Å². The molecule has 0 spiro atoms. The number of nitrogens with zero attached hydrogens (tertiary/aromatic N) is 4. The maximum Gasteiger partial charge on any atom is 0.141 e. The second-order valence-corrected chi connectivity index (χ2v) is 4.21. The van der Waals surface area contributed by atoms with Crippen molar-refractivity contribution in [3.05, 3.63) is 12.2 Å². The zero-order valence-electron chi connectivity index (χ0n) is 10.8. The smallest absolute Gasteiger partial charge is 0.141 e. The van der Waals surface area contributed by atoms with Crippen molar-refractivity contribution in [2.75, 3.05) is 33.4 Å². The van der Waals surface area contributed by atoms with Crippen molar-refractivity contribution >= 4 is 0 Å². The van der Waals surface area contributed by atoms with Gasteiger partial charge in [0.2, 0.25) is 0 Å². The van der Waals surface area contributed by atoms with Crippen LogP contribution >= 0.6 is 0 Å². The number of hydrogen-bond acceptors (Lipinski definition) is 5. The van der Waals surface area contributed by atoms with Crippen LogP contribution in [0.2, 0.25) is 0 Å². The molecular weight excluding hydrogens is 220 g/mol. The monoisotopic (exact) mass is 242 g/mol. The summed E-state index contributed by atoms with van der Waals surface area (Å²) in [5.74, 6) is 0.921. The summed E-state index contributed by atoms with van der Waals surface area (Å²) in [6, 6.07) is 0.297. The van der Waals surface area contributed by atoms with Gasteiger partial charge in [-0.2, -0.15) is 5.10 Å². The molecule has 0 saturated heterocycles. The fraction of sp³-hybridized carbons (Fsp3) is 0.818. The van der Waals surface area contributed by atoms with Gasteiger partial charge in [-0.3, -0.25) is 4.90 Å². The van der Waals surface area contributed by atoms with E-state index < -0.39 is 0 Å². The molecule has 1 aromatic heterocycles. The Morgan fingerprint density at radius 2 is 2.24 bits per heavy atom. The van der Waals surface area contributed by atoms with Gasteiger partial charge in [-0.05, 0) is 13.8 Å². The fourth-order valence-corrected chi connectivity index (χ4v) is 1.65. The Labute approximate surface area is 102 Å². The fourth-order valence-electron chi connectivity index (χ4n) is 1.65. The van der Waals surface area contributed by atoms with Crippen molar-refractivity contribution in [1.29, 1.82) is 0 Å². The van der Waals surface area contributed by atoms with Crippen LogP contribution in [-0.4, -0.2) is 58.2 Å². The van der Waals surface area contributed by atoms with Crippen molar-refractivity contribution < 1.29 is 9.84 Å². The Balaban J connectivity index is 2.61. The molecule has 1 N–H and O–H groups in total. The van der Waals surface area contributed by atoms with Gasteiger partial charge >= 0.3 is 0 Å². The van der Waals surface area contributed by atoms with Gasteiger partial charge in [0.25, 0.3) is 0 Å². The third-order valence-corrected chi connectivity index (χ3v) is 2.53. The quantitative estimate of drug-likeness (QED) is 0.710. The van der Waals surface area contributed by atoms with Crippen LogP contribution in [0.15, 0.2) is 6.33 Å². The lowest BCUT2D eigenvalue weighted by Crippen LogP contribution is -2.31. The Morgan fingerprint density at radius 1 is 1.47 bits per heavy atom. The molecule has 6 heteroatoms. The molecule has 0 radical (unpaired) electrons. The molecule has 0 bridgehead atoms. The molecule has 0 atom stereocenters. The number of ether oxygens (including phenoxy) is 1. The molecule has 1 heterocycles. The minimum absolute atomic E-state index is 0.138. The maximum absolute atomic E-state index is 9.02. The highest BCUT2D eigenvalue weighted by Crippen LogP contribution is 2.07. The van der Waals surface area contributed by atoms with Crippen molar-refractivity contribution in [3.63, 3.8) is 0 Å². The maximum atomic E-state index is 9.02. The summed E-state index contributed by atoms with van der Waals surface area (Å²) in [5, 5.41) is 13.2. The average Bonchev–Trinajstić information content (AvgIpc) is 2.74. The van der Waals surface area contributed by atoms with E-state index in [4.69, 9.17) is 9.84 Å². The average molecular weight is 242 g/mol. The minimum atomic E-state index is 0.138. The van der Waals surface area contributed by atoms with Crippen molar-refractivity contribution in [1.82, 2.24) is 19.7 Å². The van der Waals surface area contributed by atoms with Gasteiger partial charge in [0, 0.05) is 26.2 Å². The third kappa shape index (κ3) is 4.41. The number of aromatic nitrogens is 3. The summed E-state index contributed by atoms with van der Waals surface area (Å²) in [4.78, 5) is 6.36. The number of aliphatic hydroxyl groups excluding tert-OH is 1. The molecule has 98 valence electrons. The number of aliphatic hydroxyl groups is 1. The Bertz CT molecular complexity index is 314. The summed E-state index contributed by atoms with van der Waals surface area (Å²) in [6.07, 6.45) is 1.57. The molecule has 6 nitrogen and oxygen atoms in total. The summed E-state index contributed by atoms with van der Waals surface area (Å²) in [5.41, 5.74) is 0. The highest BCUT2D eigenvalue weighted by Gasteiger charge is 2.12. The van der Waals surface area contributed by atoms with E-state index in [2.05, 4.69) is 28.8 Å². The lowest BCUT2D eigenvalue weighted by atomic mass is 10.4. The van der Waals surface area contributed by atoms with Gasteiger partial charge in [0.15, 0.2) is 0 Å². The van der Waals surface area contributed by atoms with E-state index in [1.807, 2.05) is 4.68 Å². The third-order valence-electron chi connectivity index (χ3n) is 2.53. The molecule has 17 heavy (non-hydrogen) atoms. The van der Waals surface area contributed by atoms with Crippen molar-refractivity contribution in [2.45, 2.75) is 26.4 Å². The Hall–Kier alpha value is -0.980. The first-order valence-electron chi connectivity index (χ1n) is 5.89. The van der Waals surface area contributed by atoms with Gasteiger partial charge in [-0.1, -0.05) is 0 Å². The van der Waals surface area contributed by atoms with Gasteiger partial charge in [-0.25, -0.2) is 9.67 Å². The number of rotatable bonds is 8. The molecule has 0 amide bonds. The Kier molecular flexibility index (Phi) is 6.10. The van der Waals surface area contributed by atoms with E-state index >= 15 is 0 Å². The second kappa shape index (κ2) is 7.37. The van der Waals surface area contributed by atoms with E-state index in [1.165, 1.54) is 0 Å². The molecule has 1 rings (SSSR count). The standard InChI is InChI=1S/C11H22N4O2/c1-10(2)15-11(12-9-13-15)8-14(4-6-16)5-7-17-3/h9-10,16H,4-8H2,1-3H3. The molecule has 0 unspecified atom stereocenters. The predicted molar refractivity (Wildman–Crippen MR) is 64.6 cm³/mol. The highest BCUT2D eigenvalue weighted by atomic mass is 16.5. The molecule has 0 fully saturated rings. The normalized spacial score (nSPS) is 11.6. The predicted octanol–water partition coefficient (Wildman–Crippen LogP) is 0.300. The summed E-state index contributed by atoms with van der Waals surface area (Å²) < 4.78 is 6.95. The molecule has 0 aliphatic carbocycles. The van der Waals surface area contributed by atoms with Crippen LogP contribution in [0.25, 0.3) is 0 Å². The van der Waals surface area contributed by atoms with Gasteiger partial charge in [0.1, 0.15) is 12.2 Å². The lowest BCUT2D eigenvalue weighted by Gasteiger charge is -2.21. The zero-order valence-corrected chi connectivity index (χ0v) is 10.8. The SMILES string of the molecule is COCCN(CCO)Cc1ncnn1C(C)C. The van der Waals surface area contributed by atoms with Crippen LogP contribution in [0, 0.1) is 0 Å². The second-order valence-electron chi connectivity index (χ2n) is 4.21. The first-order valence-corrected chi connectivity index (χ1v) is 5.89. The minimum Gasteiger partial charge on any atom is -0.395 e. The molecular formula is C11H22N4O2. The largest absolute Gasteiger partial charge is 0.395 e. The Morgan fingerprint density at radius 3 is 2.82 bits per heavy atom. The van der Waals surface area contributed by atoms with E-state index in [0.717, 1.165) is 12.4 Å². The van der Waals surface area contributed by atoms with Crippen LogP contribution < -0.4 is 0 Å². The van der Waals surface area contributed by atoms with Crippen LogP contribution in [-0.2, 0) is 11.3 Å². The van der Waals surface area contributed by atoms with Crippen LogP contribution in [0.3, 0.4) is 0 Å². The van der Waals surface area contributed by atoms with E-state index in [0.29, 0.717) is 25.7 Å². The van der Waals surface area contributed by atoms with Crippen LogP contribution in [0.1, 0.15) is 25.7 Å². The lowest BCUT2D eigenvalue weighted by molar-refractivity contribution is 0.123. The first-order chi connectivity index (χ1) is 8.19. The molecule has 0 aliphatic heterocycles. The molecule has 0 aliphatic rings. The first kappa shape index (κ1) is 14.1. The summed E-state index contributed by atoms with van der Waals surface area (Å²) in [6.45, 7) is 7.02. The molecule has 1 aromatic rings. The highest BCUT2D eigenvalue weighted by molar-refractivity contribution is 4.86. The molecule has 0 saturated carbocycles.